The van der Waals surface area contributed by atoms with Crippen LogP contribution in [-0.2, 0) is 0 Å². The molecule has 1 heterocycles. The second-order valence-electron chi connectivity index (χ2n) is 3.24. The van der Waals surface area contributed by atoms with Gasteiger partial charge in [0.25, 0.3) is 0 Å². The summed E-state index contributed by atoms with van der Waals surface area (Å²) in [7, 11) is 0. The van der Waals surface area contributed by atoms with Crippen LogP contribution in [-0.4, -0.2) is 11.7 Å². The standard InChI is InChI=1S/C10H11FO2/c1-6-7(11)2-3-9-10(6)8(12)4-5-13-9/h2-3,8,12H,4-5H2,1H3. The molecule has 1 aromatic carbocycles. The molecule has 1 atom stereocenters. The van der Waals surface area contributed by atoms with Crippen molar-refractivity contribution in [2.24, 2.45) is 0 Å². The molecule has 0 saturated carbocycles. The van der Waals surface area contributed by atoms with E-state index in [1.165, 1.54) is 6.07 Å². The molecule has 70 valence electrons. The predicted molar refractivity (Wildman–Crippen MR) is 46.2 cm³/mol. The fourth-order valence-electron chi connectivity index (χ4n) is 1.64. The SMILES string of the molecule is Cc1c(F)ccc2c1C(O)CCO2. The highest BCUT2D eigenvalue weighted by atomic mass is 19.1. The molecule has 2 nitrogen and oxygen atoms in total. The van der Waals surface area contributed by atoms with Crippen molar-refractivity contribution in [3.63, 3.8) is 0 Å². The van der Waals surface area contributed by atoms with Crippen LogP contribution in [0.4, 0.5) is 4.39 Å². The van der Waals surface area contributed by atoms with Gasteiger partial charge in [-0.2, -0.15) is 0 Å². The first-order valence-corrected chi connectivity index (χ1v) is 4.30. The molecule has 1 aliphatic heterocycles. The van der Waals surface area contributed by atoms with Gasteiger partial charge in [0.15, 0.2) is 0 Å². The summed E-state index contributed by atoms with van der Waals surface area (Å²) in [6.45, 7) is 2.16. The van der Waals surface area contributed by atoms with Crippen molar-refractivity contribution in [3.8, 4) is 5.75 Å². The number of aliphatic hydroxyl groups excluding tert-OH is 1. The molecule has 0 aromatic heterocycles. The lowest BCUT2D eigenvalue weighted by atomic mass is 9.98. The first-order valence-electron chi connectivity index (χ1n) is 4.30. The van der Waals surface area contributed by atoms with Gasteiger partial charge in [-0.25, -0.2) is 4.39 Å². The largest absolute Gasteiger partial charge is 0.493 e. The Bertz CT molecular complexity index is 336. The zero-order valence-electron chi connectivity index (χ0n) is 7.38. The van der Waals surface area contributed by atoms with Crippen molar-refractivity contribution in [3.05, 3.63) is 29.1 Å². The Balaban J connectivity index is 2.58. The molecule has 1 aromatic rings. The maximum absolute atomic E-state index is 13.1. The molecular formula is C10H11FO2. The van der Waals surface area contributed by atoms with E-state index in [0.717, 1.165) is 0 Å². The van der Waals surface area contributed by atoms with Crippen LogP contribution < -0.4 is 4.74 Å². The summed E-state index contributed by atoms with van der Waals surface area (Å²) in [6, 6.07) is 2.94. The van der Waals surface area contributed by atoms with Gasteiger partial charge in [0.1, 0.15) is 11.6 Å². The van der Waals surface area contributed by atoms with Gasteiger partial charge in [-0.3, -0.25) is 0 Å². The zero-order valence-corrected chi connectivity index (χ0v) is 7.38. The minimum atomic E-state index is -0.584. The lowest BCUT2D eigenvalue weighted by molar-refractivity contribution is 0.114. The maximum Gasteiger partial charge on any atom is 0.126 e. The van der Waals surface area contributed by atoms with Gasteiger partial charge < -0.3 is 9.84 Å². The molecule has 0 radical (unpaired) electrons. The van der Waals surface area contributed by atoms with Gasteiger partial charge in [0.05, 0.1) is 12.7 Å². The third kappa shape index (κ3) is 1.29. The van der Waals surface area contributed by atoms with E-state index in [-0.39, 0.29) is 5.82 Å². The summed E-state index contributed by atoms with van der Waals surface area (Å²) in [5.74, 6) is 0.320. The maximum atomic E-state index is 13.1. The summed E-state index contributed by atoms with van der Waals surface area (Å²) >= 11 is 0. The number of halogens is 1. The van der Waals surface area contributed by atoms with Crippen LogP contribution in [0.3, 0.4) is 0 Å². The molecule has 13 heavy (non-hydrogen) atoms. The van der Waals surface area contributed by atoms with Crippen molar-refractivity contribution >= 4 is 0 Å². The molecule has 1 N–H and O–H groups in total. The Morgan fingerprint density at radius 1 is 1.54 bits per heavy atom. The molecule has 3 heteroatoms. The van der Waals surface area contributed by atoms with Crippen LogP contribution in [0.15, 0.2) is 12.1 Å². The number of rotatable bonds is 0. The fourth-order valence-corrected chi connectivity index (χ4v) is 1.64. The van der Waals surface area contributed by atoms with Crippen molar-refractivity contribution in [2.45, 2.75) is 19.4 Å². The monoisotopic (exact) mass is 182 g/mol. The van der Waals surface area contributed by atoms with E-state index in [2.05, 4.69) is 0 Å². The number of hydrogen-bond acceptors (Lipinski definition) is 2. The second-order valence-corrected chi connectivity index (χ2v) is 3.24. The summed E-state index contributed by atoms with van der Waals surface area (Å²) in [6.07, 6.45) is -0.0449. The summed E-state index contributed by atoms with van der Waals surface area (Å²) in [5.41, 5.74) is 1.09. The Kier molecular flexibility index (Phi) is 1.96. The number of benzene rings is 1. The molecule has 0 bridgehead atoms. The summed E-state index contributed by atoms with van der Waals surface area (Å²) in [4.78, 5) is 0. The van der Waals surface area contributed by atoms with Gasteiger partial charge in [-0.1, -0.05) is 0 Å². The van der Waals surface area contributed by atoms with Crippen LogP contribution in [0.1, 0.15) is 23.7 Å². The van der Waals surface area contributed by atoms with Gasteiger partial charge >= 0.3 is 0 Å². The van der Waals surface area contributed by atoms with E-state index in [9.17, 15) is 9.50 Å². The van der Waals surface area contributed by atoms with Gasteiger partial charge in [-0.05, 0) is 24.6 Å². The first kappa shape index (κ1) is 8.51. The van der Waals surface area contributed by atoms with E-state index >= 15 is 0 Å². The van der Waals surface area contributed by atoms with E-state index in [1.807, 2.05) is 0 Å². The molecule has 0 spiro atoms. The summed E-state index contributed by atoms with van der Waals surface area (Å²) < 4.78 is 18.4. The third-order valence-electron chi connectivity index (χ3n) is 2.39. The second kappa shape index (κ2) is 3.00. The van der Waals surface area contributed by atoms with E-state index < -0.39 is 6.10 Å². The minimum absolute atomic E-state index is 0.289. The van der Waals surface area contributed by atoms with Gasteiger partial charge in [-0.15, -0.1) is 0 Å². The van der Waals surface area contributed by atoms with Crippen LogP contribution >= 0.6 is 0 Å². The van der Waals surface area contributed by atoms with E-state index in [4.69, 9.17) is 4.74 Å². The van der Waals surface area contributed by atoms with Crippen LogP contribution in [0.5, 0.6) is 5.75 Å². The average Bonchev–Trinajstić information content (AvgIpc) is 2.12. The number of fused-ring (bicyclic) bond motifs is 1. The number of ether oxygens (including phenoxy) is 1. The lowest BCUT2D eigenvalue weighted by Crippen LogP contribution is -2.15. The van der Waals surface area contributed by atoms with Crippen molar-refractivity contribution in [1.29, 1.82) is 0 Å². The highest BCUT2D eigenvalue weighted by Gasteiger charge is 2.22. The quantitative estimate of drug-likeness (QED) is 0.664. The Morgan fingerprint density at radius 3 is 3.08 bits per heavy atom. The Labute approximate surface area is 76.0 Å². The lowest BCUT2D eigenvalue weighted by Gasteiger charge is -2.23. The van der Waals surface area contributed by atoms with Gasteiger partial charge in [0, 0.05) is 12.0 Å². The van der Waals surface area contributed by atoms with Crippen LogP contribution in [0, 0.1) is 12.7 Å². The topological polar surface area (TPSA) is 29.5 Å². The smallest absolute Gasteiger partial charge is 0.126 e. The Hall–Kier alpha value is -1.09. The molecule has 2 rings (SSSR count). The predicted octanol–water partition coefficient (Wildman–Crippen LogP) is 1.95. The highest BCUT2D eigenvalue weighted by molar-refractivity contribution is 5.43. The van der Waals surface area contributed by atoms with Crippen molar-refractivity contribution in [1.82, 2.24) is 0 Å². The van der Waals surface area contributed by atoms with E-state index in [0.29, 0.717) is 29.9 Å². The van der Waals surface area contributed by atoms with Crippen molar-refractivity contribution in [2.75, 3.05) is 6.61 Å². The van der Waals surface area contributed by atoms with Crippen molar-refractivity contribution < 1.29 is 14.2 Å². The molecule has 0 fully saturated rings. The normalized spacial score (nSPS) is 20.7. The number of aliphatic hydroxyl groups is 1. The third-order valence-corrected chi connectivity index (χ3v) is 2.39. The molecule has 1 aliphatic rings. The molecule has 0 amide bonds. The average molecular weight is 182 g/mol. The highest BCUT2D eigenvalue weighted by Crippen LogP contribution is 2.35. The molecule has 0 aliphatic carbocycles. The Morgan fingerprint density at radius 2 is 2.31 bits per heavy atom. The van der Waals surface area contributed by atoms with Crippen LogP contribution in [0.2, 0.25) is 0 Å². The molecular weight excluding hydrogens is 171 g/mol. The molecule has 0 saturated heterocycles. The van der Waals surface area contributed by atoms with Gasteiger partial charge in [0.2, 0.25) is 0 Å². The van der Waals surface area contributed by atoms with Crippen LogP contribution in [0.25, 0.3) is 0 Å². The van der Waals surface area contributed by atoms with E-state index in [1.54, 1.807) is 13.0 Å². The summed E-state index contributed by atoms with van der Waals surface area (Å²) in [5, 5.41) is 9.62. The minimum Gasteiger partial charge on any atom is -0.493 e. The number of hydrogen-bond donors (Lipinski definition) is 1. The fraction of sp³-hybridized carbons (Fsp3) is 0.400. The first-order chi connectivity index (χ1) is 6.20. The zero-order chi connectivity index (χ0) is 9.42. The molecule has 1 unspecified atom stereocenters.